The average molecular weight is 234 g/mol. The summed E-state index contributed by atoms with van der Waals surface area (Å²) in [5.41, 5.74) is 1.32. The molecule has 2 rings (SSSR count). The largest absolute Gasteiger partial charge is 0.299 e. The maximum absolute atomic E-state index is 12.3. The molecule has 0 spiro atoms. The Hall–Kier alpha value is -1.12. The Morgan fingerprint density at radius 2 is 1.94 bits per heavy atom. The smallest absolute Gasteiger partial charge is 0.141 e. The first kappa shape index (κ1) is 12.3. The zero-order valence-electron chi connectivity index (χ0n) is 11.4. The van der Waals surface area contributed by atoms with Gasteiger partial charge in [0, 0.05) is 25.1 Å². The molecule has 0 bridgehead atoms. The molecule has 3 heteroatoms. The van der Waals surface area contributed by atoms with Crippen LogP contribution in [0.15, 0.2) is 12.4 Å². The van der Waals surface area contributed by atoms with Crippen molar-refractivity contribution < 1.29 is 4.79 Å². The van der Waals surface area contributed by atoms with Crippen molar-refractivity contribution in [3.63, 3.8) is 0 Å². The van der Waals surface area contributed by atoms with Gasteiger partial charge in [0.2, 0.25) is 0 Å². The van der Waals surface area contributed by atoms with Crippen molar-refractivity contribution in [1.29, 1.82) is 0 Å². The lowest BCUT2D eigenvalue weighted by Gasteiger charge is -2.03. The summed E-state index contributed by atoms with van der Waals surface area (Å²) in [6, 6.07) is 0. The molecule has 0 amide bonds. The minimum Gasteiger partial charge on any atom is -0.299 e. The number of nitrogens with zero attached hydrogens (tertiary/aromatic N) is 2. The van der Waals surface area contributed by atoms with Crippen LogP contribution in [0, 0.1) is 16.7 Å². The van der Waals surface area contributed by atoms with E-state index in [0.717, 1.165) is 12.1 Å². The molecule has 1 saturated carbocycles. The first-order valence-corrected chi connectivity index (χ1v) is 6.34. The lowest BCUT2D eigenvalue weighted by Crippen LogP contribution is -2.09. The molecule has 0 N–H and O–H groups in total. The van der Waals surface area contributed by atoms with E-state index in [1.807, 2.05) is 24.0 Å². The number of ketones is 1. The summed E-state index contributed by atoms with van der Waals surface area (Å²) in [6.07, 6.45) is 4.31. The zero-order chi connectivity index (χ0) is 12.8. The van der Waals surface area contributed by atoms with Crippen molar-refractivity contribution >= 4 is 5.78 Å². The van der Waals surface area contributed by atoms with Crippen molar-refractivity contribution in [2.45, 2.75) is 47.6 Å². The van der Waals surface area contributed by atoms with Crippen LogP contribution in [-0.2, 0) is 17.8 Å². The van der Waals surface area contributed by atoms with Crippen molar-refractivity contribution in [2.75, 3.05) is 0 Å². The number of aromatic nitrogens is 2. The molecule has 1 aliphatic carbocycles. The Kier molecular flexibility index (Phi) is 2.68. The summed E-state index contributed by atoms with van der Waals surface area (Å²) in [6.45, 7) is 11.6. The van der Waals surface area contributed by atoms with E-state index in [1.165, 1.54) is 0 Å². The first-order valence-electron chi connectivity index (χ1n) is 6.34. The number of rotatable bonds is 4. The SMILES string of the molecule is CCn1cc(CC(=O)C2C(C)(C)C2(C)C)cn1. The van der Waals surface area contributed by atoms with Gasteiger partial charge in [0.05, 0.1) is 6.20 Å². The standard InChI is InChI=1S/C14H22N2O/c1-6-16-9-10(8-15-16)7-11(17)12-13(2,3)14(12,4)5/h8-9,12H,6-7H2,1-5H3. The van der Waals surface area contributed by atoms with Crippen LogP contribution in [0.2, 0.25) is 0 Å². The molecule has 1 heterocycles. The number of hydrogen-bond acceptors (Lipinski definition) is 2. The van der Waals surface area contributed by atoms with E-state index in [-0.39, 0.29) is 16.7 Å². The van der Waals surface area contributed by atoms with Gasteiger partial charge in [0.25, 0.3) is 0 Å². The molecular weight excluding hydrogens is 212 g/mol. The third kappa shape index (κ3) is 1.81. The highest BCUT2D eigenvalue weighted by molar-refractivity contribution is 5.87. The number of carbonyl (C=O) groups is 1. The lowest BCUT2D eigenvalue weighted by atomic mass is 10.0. The molecule has 0 radical (unpaired) electrons. The van der Waals surface area contributed by atoms with Gasteiger partial charge in [-0.1, -0.05) is 27.7 Å². The van der Waals surface area contributed by atoms with Crippen LogP contribution in [0.1, 0.15) is 40.2 Å². The summed E-state index contributed by atoms with van der Waals surface area (Å²) in [5, 5.41) is 4.20. The van der Waals surface area contributed by atoms with E-state index in [9.17, 15) is 4.79 Å². The Balaban J connectivity index is 2.04. The van der Waals surface area contributed by atoms with Gasteiger partial charge in [-0.2, -0.15) is 5.10 Å². The molecule has 0 aromatic carbocycles. The maximum Gasteiger partial charge on any atom is 0.141 e. The van der Waals surface area contributed by atoms with Crippen molar-refractivity contribution in [2.24, 2.45) is 16.7 Å². The second-order valence-electron chi connectivity index (χ2n) is 6.22. The minimum atomic E-state index is 0.144. The molecular formula is C14H22N2O. The van der Waals surface area contributed by atoms with Gasteiger partial charge in [-0.15, -0.1) is 0 Å². The second kappa shape index (κ2) is 3.69. The highest BCUT2D eigenvalue weighted by Gasteiger charge is 2.67. The van der Waals surface area contributed by atoms with Crippen LogP contribution in [0.25, 0.3) is 0 Å². The van der Waals surface area contributed by atoms with E-state index in [1.54, 1.807) is 0 Å². The number of aryl methyl sites for hydroxylation is 1. The highest BCUT2D eigenvalue weighted by Crippen LogP contribution is 2.68. The Morgan fingerprint density at radius 1 is 1.35 bits per heavy atom. The Morgan fingerprint density at radius 3 is 2.35 bits per heavy atom. The first-order chi connectivity index (χ1) is 7.80. The van der Waals surface area contributed by atoms with Gasteiger partial charge in [-0.3, -0.25) is 9.48 Å². The van der Waals surface area contributed by atoms with E-state index in [4.69, 9.17) is 0 Å². The fraction of sp³-hybridized carbons (Fsp3) is 0.714. The summed E-state index contributed by atoms with van der Waals surface area (Å²) in [5.74, 6) is 0.552. The second-order valence-corrected chi connectivity index (χ2v) is 6.22. The summed E-state index contributed by atoms with van der Waals surface area (Å²) in [4.78, 5) is 12.3. The zero-order valence-corrected chi connectivity index (χ0v) is 11.4. The summed E-state index contributed by atoms with van der Waals surface area (Å²) >= 11 is 0. The summed E-state index contributed by atoms with van der Waals surface area (Å²) < 4.78 is 1.87. The van der Waals surface area contributed by atoms with Gasteiger partial charge in [0.1, 0.15) is 5.78 Å². The quantitative estimate of drug-likeness (QED) is 0.803. The lowest BCUT2D eigenvalue weighted by molar-refractivity contribution is -0.120. The van der Waals surface area contributed by atoms with Gasteiger partial charge in [-0.05, 0) is 23.3 Å². The Bertz CT molecular complexity index is 429. The van der Waals surface area contributed by atoms with E-state index < -0.39 is 0 Å². The van der Waals surface area contributed by atoms with E-state index in [0.29, 0.717) is 12.2 Å². The molecule has 0 atom stereocenters. The molecule has 1 fully saturated rings. The monoisotopic (exact) mass is 234 g/mol. The van der Waals surface area contributed by atoms with E-state index in [2.05, 4.69) is 32.8 Å². The van der Waals surface area contributed by atoms with Gasteiger partial charge in [0.15, 0.2) is 0 Å². The third-order valence-electron chi connectivity index (χ3n) is 4.73. The number of carbonyl (C=O) groups excluding carboxylic acids is 1. The van der Waals surface area contributed by atoms with Crippen LogP contribution in [0.5, 0.6) is 0 Å². The molecule has 0 unspecified atom stereocenters. The minimum absolute atomic E-state index is 0.144. The predicted octanol–water partition coefficient (Wildman–Crippen LogP) is 2.70. The topological polar surface area (TPSA) is 34.9 Å². The molecule has 1 aromatic heterocycles. The van der Waals surface area contributed by atoms with Crippen molar-refractivity contribution in [3.05, 3.63) is 18.0 Å². The van der Waals surface area contributed by atoms with Crippen molar-refractivity contribution in [3.8, 4) is 0 Å². The third-order valence-corrected chi connectivity index (χ3v) is 4.73. The maximum atomic E-state index is 12.3. The summed E-state index contributed by atoms with van der Waals surface area (Å²) in [7, 11) is 0. The number of hydrogen-bond donors (Lipinski definition) is 0. The van der Waals surface area contributed by atoms with Crippen LogP contribution < -0.4 is 0 Å². The highest BCUT2D eigenvalue weighted by atomic mass is 16.1. The molecule has 3 nitrogen and oxygen atoms in total. The van der Waals surface area contributed by atoms with Crippen LogP contribution in [0.3, 0.4) is 0 Å². The molecule has 0 aliphatic heterocycles. The van der Waals surface area contributed by atoms with Crippen LogP contribution in [-0.4, -0.2) is 15.6 Å². The molecule has 1 aliphatic rings. The molecule has 0 saturated heterocycles. The fourth-order valence-electron chi connectivity index (χ4n) is 2.98. The average Bonchev–Trinajstić information content (AvgIpc) is 2.57. The van der Waals surface area contributed by atoms with E-state index >= 15 is 0 Å². The Labute approximate surface area is 103 Å². The molecule has 17 heavy (non-hydrogen) atoms. The van der Waals surface area contributed by atoms with Crippen molar-refractivity contribution in [1.82, 2.24) is 9.78 Å². The normalized spacial score (nSPS) is 21.5. The molecule has 94 valence electrons. The fourth-order valence-corrected chi connectivity index (χ4v) is 2.98. The van der Waals surface area contributed by atoms with Crippen LogP contribution in [0.4, 0.5) is 0 Å². The van der Waals surface area contributed by atoms with Crippen LogP contribution >= 0.6 is 0 Å². The van der Waals surface area contributed by atoms with Gasteiger partial charge in [-0.25, -0.2) is 0 Å². The predicted molar refractivity (Wildman–Crippen MR) is 67.7 cm³/mol. The van der Waals surface area contributed by atoms with Gasteiger partial charge >= 0.3 is 0 Å². The number of Topliss-reactive ketones (excluding diaryl/α,β-unsaturated/α-hetero) is 1. The molecule has 1 aromatic rings. The van der Waals surface area contributed by atoms with Gasteiger partial charge < -0.3 is 0 Å².